The summed E-state index contributed by atoms with van der Waals surface area (Å²) < 4.78 is 0. The maximum absolute atomic E-state index is 8.84. The van der Waals surface area contributed by atoms with E-state index in [2.05, 4.69) is 18.2 Å². The average molecular weight is 245 g/mol. The first-order valence-electron chi connectivity index (χ1n) is 5.50. The highest BCUT2D eigenvalue weighted by atomic mass is 32.2. The number of nitrogens with two attached hydrogens (primary N) is 1. The van der Waals surface area contributed by atoms with Crippen LogP contribution in [-0.2, 0) is 0 Å². The summed E-state index contributed by atoms with van der Waals surface area (Å²) in [5.41, 5.74) is 9.00. The molecular formula is C14H15NOS. The lowest BCUT2D eigenvalue weighted by atomic mass is 10.1. The summed E-state index contributed by atoms with van der Waals surface area (Å²) in [5.74, 6) is 0.669. The molecule has 0 aliphatic heterocycles. The normalized spacial score (nSPS) is 10.4. The number of hydrogen-bond donors (Lipinski definition) is 2. The van der Waals surface area contributed by atoms with Gasteiger partial charge in [0, 0.05) is 16.3 Å². The van der Waals surface area contributed by atoms with Crippen molar-refractivity contribution in [1.82, 2.24) is 0 Å². The number of benzene rings is 2. The van der Waals surface area contributed by atoms with E-state index in [0.717, 1.165) is 16.1 Å². The molecule has 0 unspecified atom stereocenters. The van der Waals surface area contributed by atoms with Crippen molar-refractivity contribution in [2.75, 3.05) is 18.1 Å². The lowest BCUT2D eigenvalue weighted by molar-refractivity contribution is 0.322. The summed E-state index contributed by atoms with van der Waals surface area (Å²) in [4.78, 5) is 1.03. The fraction of sp³-hybridized carbons (Fsp3) is 0.143. The minimum absolute atomic E-state index is 0.166. The third kappa shape index (κ3) is 3.02. The lowest BCUT2D eigenvalue weighted by Crippen LogP contribution is -1.92. The van der Waals surface area contributed by atoms with Crippen LogP contribution in [0.4, 0.5) is 5.69 Å². The molecule has 0 aromatic heterocycles. The molecule has 0 saturated carbocycles. The molecule has 3 heteroatoms. The van der Waals surface area contributed by atoms with E-state index in [4.69, 9.17) is 10.8 Å². The van der Waals surface area contributed by atoms with Crippen molar-refractivity contribution in [3.63, 3.8) is 0 Å². The van der Waals surface area contributed by atoms with E-state index in [9.17, 15) is 0 Å². The van der Waals surface area contributed by atoms with E-state index in [1.165, 1.54) is 5.56 Å². The molecular weight excluding hydrogens is 230 g/mol. The Balaban J connectivity index is 2.31. The van der Waals surface area contributed by atoms with Crippen molar-refractivity contribution in [2.45, 2.75) is 4.90 Å². The van der Waals surface area contributed by atoms with Crippen LogP contribution >= 0.6 is 11.8 Å². The van der Waals surface area contributed by atoms with Crippen LogP contribution in [0.25, 0.3) is 11.1 Å². The molecule has 0 spiro atoms. The molecule has 0 atom stereocenters. The molecule has 2 nitrogen and oxygen atoms in total. The van der Waals surface area contributed by atoms with Gasteiger partial charge in [0.25, 0.3) is 0 Å². The third-order valence-corrected chi connectivity index (χ3v) is 3.52. The maximum Gasteiger partial charge on any atom is 0.0525 e. The summed E-state index contributed by atoms with van der Waals surface area (Å²) >= 11 is 1.58. The van der Waals surface area contributed by atoms with E-state index in [0.29, 0.717) is 5.75 Å². The fourth-order valence-electron chi connectivity index (χ4n) is 1.63. The van der Waals surface area contributed by atoms with Crippen LogP contribution in [0, 0.1) is 0 Å². The van der Waals surface area contributed by atoms with Crippen LogP contribution in [0.2, 0.25) is 0 Å². The number of aliphatic hydroxyl groups excluding tert-OH is 1. The van der Waals surface area contributed by atoms with Gasteiger partial charge in [-0.15, -0.1) is 11.8 Å². The Labute approximate surface area is 105 Å². The van der Waals surface area contributed by atoms with Crippen molar-refractivity contribution in [3.05, 3.63) is 48.5 Å². The second-order valence-electron chi connectivity index (χ2n) is 3.69. The van der Waals surface area contributed by atoms with Gasteiger partial charge < -0.3 is 10.8 Å². The van der Waals surface area contributed by atoms with Gasteiger partial charge in [-0.1, -0.05) is 36.4 Å². The van der Waals surface area contributed by atoms with Gasteiger partial charge in [0.1, 0.15) is 0 Å². The van der Waals surface area contributed by atoms with Crippen LogP contribution in [0.5, 0.6) is 0 Å². The van der Waals surface area contributed by atoms with E-state index < -0.39 is 0 Å². The average Bonchev–Trinajstić information content (AvgIpc) is 2.39. The second-order valence-corrected chi connectivity index (χ2v) is 4.83. The van der Waals surface area contributed by atoms with Gasteiger partial charge in [-0.05, 0) is 23.3 Å². The molecule has 2 aromatic carbocycles. The molecule has 2 rings (SSSR count). The molecule has 3 N–H and O–H groups in total. The quantitative estimate of drug-likeness (QED) is 0.643. The van der Waals surface area contributed by atoms with Crippen molar-refractivity contribution < 1.29 is 5.11 Å². The summed E-state index contributed by atoms with van der Waals surface area (Å²) in [6, 6.07) is 16.2. The smallest absolute Gasteiger partial charge is 0.0525 e. The zero-order valence-corrected chi connectivity index (χ0v) is 10.3. The van der Waals surface area contributed by atoms with Crippen LogP contribution in [0.3, 0.4) is 0 Å². The zero-order chi connectivity index (χ0) is 12.1. The van der Waals surface area contributed by atoms with Gasteiger partial charge in [0.05, 0.1) is 6.61 Å². The molecule has 2 aromatic rings. The van der Waals surface area contributed by atoms with E-state index in [1.807, 2.05) is 30.3 Å². The van der Waals surface area contributed by atoms with Gasteiger partial charge in [-0.25, -0.2) is 0 Å². The predicted molar refractivity (Wildman–Crippen MR) is 74.1 cm³/mol. The van der Waals surface area contributed by atoms with E-state index in [1.54, 1.807) is 11.8 Å². The van der Waals surface area contributed by atoms with Crippen LogP contribution in [0.1, 0.15) is 0 Å². The van der Waals surface area contributed by atoms with Gasteiger partial charge in [-0.3, -0.25) is 0 Å². The van der Waals surface area contributed by atoms with Crippen molar-refractivity contribution >= 4 is 17.4 Å². The van der Waals surface area contributed by atoms with Gasteiger partial charge in [0.15, 0.2) is 0 Å². The molecule has 0 fully saturated rings. The number of nitrogen functional groups attached to an aromatic ring is 1. The van der Waals surface area contributed by atoms with Crippen LogP contribution < -0.4 is 5.73 Å². The van der Waals surface area contributed by atoms with E-state index >= 15 is 0 Å². The zero-order valence-electron chi connectivity index (χ0n) is 9.47. The Bertz CT molecular complexity index is 485. The molecule has 0 amide bonds. The third-order valence-electron chi connectivity index (χ3n) is 2.47. The van der Waals surface area contributed by atoms with Gasteiger partial charge in [0.2, 0.25) is 0 Å². The fourth-order valence-corrected chi connectivity index (χ4v) is 2.38. The largest absolute Gasteiger partial charge is 0.398 e. The standard InChI is InChI=1S/C14H15NOS/c15-13-7-6-12(10-14(13)17-9-8-16)11-4-2-1-3-5-11/h1-7,10,16H,8-9,15H2. The van der Waals surface area contributed by atoms with E-state index in [-0.39, 0.29) is 6.61 Å². The number of hydrogen-bond acceptors (Lipinski definition) is 3. The highest BCUT2D eigenvalue weighted by Crippen LogP contribution is 2.30. The van der Waals surface area contributed by atoms with Crippen molar-refractivity contribution in [2.24, 2.45) is 0 Å². The van der Waals surface area contributed by atoms with Gasteiger partial charge >= 0.3 is 0 Å². The lowest BCUT2D eigenvalue weighted by Gasteiger charge is -2.08. The summed E-state index contributed by atoms with van der Waals surface area (Å²) in [6.07, 6.45) is 0. The number of thioether (sulfide) groups is 1. The first-order valence-corrected chi connectivity index (χ1v) is 6.48. The monoisotopic (exact) mass is 245 g/mol. The topological polar surface area (TPSA) is 46.2 Å². The summed E-state index contributed by atoms with van der Waals surface area (Å²) in [7, 11) is 0. The molecule has 0 bridgehead atoms. The molecule has 0 heterocycles. The summed E-state index contributed by atoms with van der Waals surface area (Å²) in [6.45, 7) is 0.166. The number of rotatable bonds is 4. The Morgan fingerprint density at radius 3 is 2.47 bits per heavy atom. The van der Waals surface area contributed by atoms with Crippen LogP contribution in [-0.4, -0.2) is 17.5 Å². The van der Waals surface area contributed by atoms with Crippen LogP contribution in [0.15, 0.2) is 53.4 Å². The number of aliphatic hydroxyl groups is 1. The molecule has 88 valence electrons. The Kier molecular flexibility index (Phi) is 4.07. The highest BCUT2D eigenvalue weighted by Gasteiger charge is 2.03. The molecule has 0 radical (unpaired) electrons. The molecule has 0 saturated heterocycles. The molecule has 17 heavy (non-hydrogen) atoms. The first-order chi connectivity index (χ1) is 8.31. The van der Waals surface area contributed by atoms with Gasteiger partial charge in [-0.2, -0.15) is 0 Å². The predicted octanol–water partition coefficient (Wildman–Crippen LogP) is 3.02. The Hall–Kier alpha value is -1.45. The second kappa shape index (κ2) is 5.75. The minimum Gasteiger partial charge on any atom is -0.398 e. The summed E-state index contributed by atoms with van der Waals surface area (Å²) in [5, 5.41) is 8.84. The minimum atomic E-state index is 0.166. The SMILES string of the molecule is Nc1ccc(-c2ccccc2)cc1SCCO. The molecule has 0 aliphatic rings. The Morgan fingerprint density at radius 2 is 1.76 bits per heavy atom. The maximum atomic E-state index is 8.84. The van der Waals surface area contributed by atoms with Crippen molar-refractivity contribution in [1.29, 1.82) is 0 Å². The number of anilines is 1. The highest BCUT2D eigenvalue weighted by molar-refractivity contribution is 7.99. The first kappa shape index (κ1) is 12.0. The molecule has 0 aliphatic carbocycles. The van der Waals surface area contributed by atoms with Crippen molar-refractivity contribution in [3.8, 4) is 11.1 Å². The Morgan fingerprint density at radius 1 is 1.00 bits per heavy atom.